The first-order chi connectivity index (χ1) is 9.08. The van der Waals surface area contributed by atoms with Crippen molar-refractivity contribution in [2.75, 3.05) is 0 Å². The van der Waals surface area contributed by atoms with Crippen LogP contribution in [0.25, 0.3) is 0 Å². The van der Waals surface area contributed by atoms with Gasteiger partial charge in [0.2, 0.25) is 5.88 Å². The fourth-order valence-corrected chi connectivity index (χ4v) is 1.52. The number of hydrogen-bond acceptors (Lipinski definition) is 5. The average Bonchev–Trinajstić information content (AvgIpc) is 2.39. The molecule has 0 unspecified atom stereocenters. The van der Waals surface area contributed by atoms with Gasteiger partial charge in [0.15, 0.2) is 5.78 Å². The van der Waals surface area contributed by atoms with Crippen molar-refractivity contribution in [2.45, 2.75) is 6.92 Å². The summed E-state index contributed by atoms with van der Waals surface area (Å²) < 4.78 is 5.42. The molecule has 0 aliphatic rings. The van der Waals surface area contributed by atoms with Crippen molar-refractivity contribution < 1.29 is 14.5 Å². The van der Waals surface area contributed by atoms with E-state index in [1.165, 1.54) is 13.0 Å². The van der Waals surface area contributed by atoms with Gasteiger partial charge in [-0.25, -0.2) is 4.98 Å². The molecule has 0 radical (unpaired) electrons. The number of carbonyl (C=O) groups excluding carboxylic acids is 1. The summed E-state index contributed by atoms with van der Waals surface area (Å²) in [5.74, 6) is 0.271. The summed E-state index contributed by atoms with van der Waals surface area (Å²) in [7, 11) is 0. The Hall–Kier alpha value is -2.76. The van der Waals surface area contributed by atoms with Gasteiger partial charge >= 0.3 is 0 Å². The van der Waals surface area contributed by atoms with E-state index in [0.29, 0.717) is 5.75 Å². The number of pyridine rings is 1. The van der Waals surface area contributed by atoms with E-state index < -0.39 is 10.7 Å². The van der Waals surface area contributed by atoms with Crippen molar-refractivity contribution in [3.05, 3.63) is 58.3 Å². The Morgan fingerprint density at radius 1 is 1.32 bits per heavy atom. The van der Waals surface area contributed by atoms with Crippen LogP contribution in [0.15, 0.2) is 42.6 Å². The van der Waals surface area contributed by atoms with Gasteiger partial charge in [-0.05, 0) is 19.1 Å². The Morgan fingerprint density at radius 2 is 2.00 bits per heavy atom. The molecule has 96 valence electrons. The second kappa shape index (κ2) is 5.26. The van der Waals surface area contributed by atoms with E-state index in [0.717, 1.165) is 6.20 Å². The first kappa shape index (κ1) is 12.7. The van der Waals surface area contributed by atoms with Crippen molar-refractivity contribution in [1.29, 1.82) is 0 Å². The summed E-state index contributed by atoms with van der Waals surface area (Å²) in [6, 6.07) is 10.1. The summed E-state index contributed by atoms with van der Waals surface area (Å²) >= 11 is 0. The van der Waals surface area contributed by atoms with Crippen molar-refractivity contribution in [3.8, 4) is 11.6 Å². The number of hydrogen-bond donors (Lipinski definition) is 0. The van der Waals surface area contributed by atoms with Gasteiger partial charge in [0.05, 0.1) is 4.92 Å². The van der Waals surface area contributed by atoms with E-state index >= 15 is 0 Å². The number of carbonyl (C=O) groups is 1. The van der Waals surface area contributed by atoms with Gasteiger partial charge in [-0.2, -0.15) is 0 Å². The van der Waals surface area contributed by atoms with Crippen molar-refractivity contribution in [3.63, 3.8) is 0 Å². The van der Waals surface area contributed by atoms with Crippen molar-refractivity contribution >= 4 is 11.5 Å². The maximum Gasteiger partial charge on any atom is 0.298 e. The quantitative estimate of drug-likeness (QED) is 0.478. The molecule has 2 aromatic rings. The third kappa shape index (κ3) is 2.92. The molecule has 0 saturated carbocycles. The largest absolute Gasteiger partial charge is 0.439 e. The van der Waals surface area contributed by atoms with Crippen LogP contribution in [0.1, 0.15) is 17.3 Å². The number of nitrogens with zero attached hydrogens (tertiary/aromatic N) is 2. The SMILES string of the molecule is CC(=O)c1cc(Oc2ccccc2)ncc1[N+](=O)[O-]. The van der Waals surface area contributed by atoms with Gasteiger partial charge in [0.1, 0.15) is 17.5 Å². The van der Waals surface area contributed by atoms with Crippen LogP contribution >= 0.6 is 0 Å². The zero-order chi connectivity index (χ0) is 13.8. The minimum Gasteiger partial charge on any atom is -0.439 e. The van der Waals surface area contributed by atoms with Crippen LogP contribution in [0.2, 0.25) is 0 Å². The normalized spacial score (nSPS) is 9.95. The van der Waals surface area contributed by atoms with Gasteiger partial charge in [-0.15, -0.1) is 0 Å². The molecule has 0 spiro atoms. The van der Waals surface area contributed by atoms with E-state index in [9.17, 15) is 14.9 Å². The maximum atomic E-state index is 11.4. The highest BCUT2D eigenvalue weighted by Gasteiger charge is 2.19. The predicted octanol–water partition coefficient (Wildman–Crippen LogP) is 2.98. The fourth-order valence-electron chi connectivity index (χ4n) is 1.52. The highest BCUT2D eigenvalue weighted by atomic mass is 16.6. The molecule has 0 aliphatic carbocycles. The van der Waals surface area contributed by atoms with Crippen LogP contribution in [0.5, 0.6) is 11.6 Å². The number of ether oxygens (including phenoxy) is 1. The molecule has 0 N–H and O–H groups in total. The monoisotopic (exact) mass is 258 g/mol. The van der Waals surface area contributed by atoms with E-state index in [2.05, 4.69) is 4.98 Å². The molecular formula is C13H10N2O4. The van der Waals surface area contributed by atoms with Crippen LogP contribution in [0.3, 0.4) is 0 Å². The van der Waals surface area contributed by atoms with Gasteiger partial charge in [-0.1, -0.05) is 18.2 Å². The number of rotatable bonds is 4. The molecular weight excluding hydrogens is 248 g/mol. The van der Waals surface area contributed by atoms with Gasteiger partial charge in [0, 0.05) is 6.07 Å². The van der Waals surface area contributed by atoms with E-state index in [1.807, 2.05) is 6.07 Å². The standard InChI is InChI=1S/C13H10N2O4/c1-9(16)11-7-13(14-8-12(11)15(17)18)19-10-5-3-2-4-6-10/h2-8H,1H3. The first-order valence-electron chi connectivity index (χ1n) is 5.46. The number of benzene rings is 1. The molecule has 0 bridgehead atoms. The molecule has 1 heterocycles. The maximum absolute atomic E-state index is 11.4. The van der Waals surface area contributed by atoms with Crippen molar-refractivity contribution in [1.82, 2.24) is 4.98 Å². The van der Waals surface area contributed by atoms with E-state index in [-0.39, 0.29) is 17.1 Å². The molecule has 6 heteroatoms. The number of para-hydroxylation sites is 1. The lowest BCUT2D eigenvalue weighted by atomic mass is 10.1. The van der Waals surface area contributed by atoms with Crippen LogP contribution < -0.4 is 4.74 Å². The van der Waals surface area contributed by atoms with Crippen LogP contribution in [-0.2, 0) is 0 Å². The summed E-state index contributed by atoms with van der Waals surface area (Å²) in [5.41, 5.74) is -0.348. The second-order valence-corrected chi connectivity index (χ2v) is 3.77. The third-order valence-electron chi connectivity index (χ3n) is 2.40. The Bertz CT molecular complexity index is 626. The van der Waals surface area contributed by atoms with Crippen LogP contribution in [0.4, 0.5) is 5.69 Å². The molecule has 0 saturated heterocycles. The zero-order valence-electron chi connectivity index (χ0n) is 10.1. The third-order valence-corrected chi connectivity index (χ3v) is 2.40. The molecule has 2 rings (SSSR count). The lowest BCUT2D eigenvalue weighted by molar-refractivity contribution is -0.385. The Morgan fingerprint density at radius 3 is 2.58 bits per heavy atom. The first-order valence-corrected chi connectivity index (χ1v) is 5.46. The van der Waals surface area contributed by atoms with Gasteiger partial charge < -0.3 is 4.74 Å². The molecule has 0 amide bonds. The van der Waals surface area contributed by atoms with Gasteiger partial charge in [-0.3, -0.25) is 14.9 Å². The van der Waals surface area contributed by atoms with Crippen LogP contribution in [-0.4, -0.2) is 15.7 Å². The molecule has 1 aromatic heterocycles. The zero-order valence-corrected chi connectivity index (χ0v) is 10.1. The molecule has 0 fully saturated rings. The summed E-state index contributed by atoms with van der Waals surface area (Å²) in [6.45, 7) is 1.26. The average molecular weight is 258 g/mol. The predicted molar refractivity (Wildman–Crippen MR) is 67.4 cm³/mol. The highest BCUT2D eigenvalue weighted by molar-refractivity contribution is 5.98. The number of aromatic nitrogens is 1. The second-order valence-electron chi connectivity index (χ2n) is 3.77. The van der Waals surface area contributed by atoms with Crippen molar-refractivity contribution in [2.24, 2.45) is 0 Å². The summed E-state index contributed by atoms with van der Waals surface area (Å²) in [6.07, 6.45) is 1.02. The summed E-state index contributed by atoms with van der Waals surface area (Å²) in [5, 5.41) is 10.8. The minimum atomic E-state index is -0.643. The van der Waals surface area contributed by atoms with Gasteiger partial charge in [0.25, 0.3) is 5.69 Å². The Kier molecular flexibility index (Phi) is 3.51. The lowest BCUT2D eigenvalue weighted by Gasteiger charge is -2.05. The highest BCUT2D eigenvalue weighted by Crippen LogP contribution is 2.25. The molecule has 6 nitrogen and oxygen atoms in total. The van der Waals surface area contributed by atoms with E-state index in [4.69, 9.17) is 4.74 Å². The minimum absolute atomic E-state index is 0.0223. The smallest absolute Gasteiger partial charge is 0.298 e. The lowest BCUT2D eigenvalue weighted by Crippen LogP contribution is -2.02. The molecule has 1 aromatic carbocycles. The Balaban J connectivity index is 2.36. The number of Topliss-reactive ketones (excluding diaryl/α,β-unsaturated/α-hetero) is 1. The fraction of sp³-hybridized carbons (Fsp3) is 0.0769. The summed E-state index contributed by atoms with van der Waals surface area (Å²) in [4.78, 5) is 25.3. The topological polar surface area (TPSA) is 82.3 Å². The van der Waals surface area contributed by atoms with E-state index in [1.54, 1.807) is 24.3 Å². The number of ketones is 1. The Labute approximate surface area is 108 Å². The van der Waals surface area contributed by atoms with Crippen LogP contribution in [0, 0.1) is 10.1 Å². The molecule has 0 atom stereocenters. The molecule has 19 heavy (non-hydrogen) atoms. The molecule has 0 aliphatic heterocycles. The number of nitro groups is 1.